The molecule has 4 aliphatic carbocycles. The molecule has 4 aliphatic rings. The van der Waals surface area contributed by atoms with Crippen LogP contribution in [0.5, 0.6) is 46.0 Å². The van der Waals surface area contributed by atoms with Gasteiger partial charge < -0.3 is 61.3 Å². The van der Waals surface area contributed by atoms with Gasteiger partial charge in [-0.1, -0.05) is 56.1 Å². The summed E-state index contributed by atoms with van der Waals surface area (Å²) in [5.74, 6) is 8.89. The Bertz CT molecular complexity index is 4530. The number of fused-ring (bicyclic) bond motifs is 4. The molecule has 21 heteroatoms. The lowest BCUT2D eigenvalue weighted by Gasteiger charge is -2.37. The largest absolute Gasteiger partial charge is 0.504 e. The third-order valence-electron chi connectivity index (χ3n) is 21.1. The van der Waals surface area contributed by atoms with Gasteiger partial charge in [0.25, 0.3) is 0 Å². The Morgan fingerprint density at radius 3 is 1.01 bits per heavy atom. The van der Waals surface area contributed by atoms with Crippen LogP contribution in [0.25, 0.3) is 0 Å². The summed E-state index contributed by atoms with van der Waals surface area (Å²) >= 11 is 0. The van der Waals surface area contributed by atoms with Crippen molar-refractivity contribution in [3.8, 4) is 46.0 Å². The predicted molar refractivity (Wildman–Crippen MR) is 398 cm³/mol. The molecule has 11 atom stereocenters. The van der Waals surface area contributed by atoms with Crippen molar-refractivity contribution in [2.45, 2.75) is 185 Å². The summed E-state index contributed by atoms with van der Waals surface area (Å²) in [5.41, 5.74) is 2.01. The van der Waals surface area contributed by atoms with Crippen molar-refractivity contribution < 1.29 is 69.7 Å². The second kappa shape index (κ2) is 31.2. The summed E-state index contributed by atoms with van der Waals surface area (Å²) in [6.45, 7) is 17.9. The molecule has 538 valence electrons. The van der Waals surface area contributed by atoms with E-state index in [1.54, 1.807) is 58.9 Å². The zero-order chi connectivity index (χ0) is 73.8. The molecule has 0 aliphatic heterocycles. The van der Waals surface area contributed by atoms with Gasteiger partial charge in [-0.25, -0.2) is 0 Å². The Kier molecular flexibility index (Phi) is 24.8. The fraction of sp³-hybridized carbons (Fsp3) is 0.449. The molecule has 12 N–H and O–H groups in total. The van der Waals surface area contributed by atoms with Crippen molar-refractivity contribution in [3.63, 3.8) is 0 Å². The van der Waals surface area contributed by atoms with E-state index in [9.17, 15) is 88.9 Å². The minimum absolute atomic E-state index is 0.0109. The number of rotatable bonds is 14. The molecule has 0 saturated heterocycles. The molecule has 6 aromatic rings. The van der Waals surface area contributed by atoms with Crippen molar-refractivity contribution in [2.24, 2.45) is 23.7 Å². The van der Waals surface area contributed by atoms with E-state index in [1.807, 2.05) is 71.0 Å². The Morgan fingerprint density at radius 2 is 0.707 bits per heavy atom. The van der Waals surface area contributed by atoms with Gasteiger partial charge in [0.2, 0.25) is 44.7 Å². The van der Waals surface area contributed by atoms with Crippen LogP contribution in [0.1, 0.15) is 140 Å². The second-order valence-corrected chi connectivity index (χ2v) is 35.5. The molecule has 0 spiro atoms. The summed E-state index contributed by atoms with van der Waals surface area (Å²) in [6, 6.07) is 24.2. The Labute approximate surface area is 583 Å². The number of aromatic hydroxyl groups is 8. The van der Waals surface area contributed by atoms with Crippen LogP contribution in [0.2, 0.25) is 0 Å². The van der Waals surface area contributed by atoms with E-state index < -0.39 is 86.2 Å². The first kappa shape index (κ1) is 78.8. The molecule has 0 bridgehead atoms. The third-order valence-corrected chi connectivity index (χ3v) is 27.3. The third kappa shape index (κ3) is 18.2. The first-order valence-corrected chi connectivity index (χ1v) is 39.0. The van der Waals surface area contributed by atoms with E-state index in [1.165, 1.54) is 24.3 Å². The summed E-state index contributed by atoms with van der Waals surface area (Å²) < 4.78 is 25.5. The molecule has 0 heterocycles. The Hall–Kier alpha value is -7.50. The summed E-state index contributed by atoms with van der Waals surface area (Å²) in [5, 5.41) is 124. The molecule has 11 unspecified atom stereocenters. The monoisotopic (exact) mass is 1420 g/mol. The van der Waals surface area contributed by atoms with E-state index >= 15 is 0 Å². The lowest BCUT2D eigenvalue weighted by Crippen LogP contribution is -2.44. The predicted octanol–water partition coefficient (Wildman–Crippen LogP) is 9.17. The van der Waals surface area contributed by atoms with Gasteiger partial charge in [-0.15, -0.1) is 0 Å². The molecule has 99 heavy (non-hydrogen) atoms. The fourth-order valence-electron chi connectivity index (χ4n) is 14.5. The zero-order valence-electron chi connectivity index (χ0n) is 58.6. The van der Waals surface area contributed by atoms with Crippen LogP contribution in [0.15, 0.2) is 114 Å². The van der Waals surface area contributed by atoms with Gasteiger partial charge in [-0.3, -0.25) is 27.6 Å². The Morgan fingerprint density at radius 1 is 0.424 bits per heavy atom. The van der Waals surface area contributed by atoms with Crippen molar-refractivity contribution in [2.75, 3.05) is 23.0 Å². The highest BCUT2D eigenvalue weighted by molar-refractivity contribution is 8.14. The van der Waals surface area contributed by atoms with Gasteiger partial charge in [0.1, 0.15) is 0 Å². The molecular formula is C78H100O18S3. The van der Waals surface area contributed by atoms with Gasteiger partial charge in [-0.2, -0.15) is 10.5 Å². The second-order valence-electron chi connectivity index (χ2n) is 28.5. The van der Waals surface area contributed by atoms with E-state index in [2.05, 4.69) is 17.6 Å². The molecular weight excluding hydrogens is 1320 g/mol. The molecule has 0 saturated carbocycles. The lowest BCUT2D eigenvalue weighted by molar-refractivity contribution is -0.0104. The Balaban J connectivity index is 0.000000187. The highest BCUT2D eigenvalue weighted by atomic mass is 32.2. The number of hydrogen-bond donors (Lipinski definition) is 12. The van der Waals surface area contributed by atoms with E-state index in [0.717, 1.165) is 44.7 Å². The first-order chi connectivity index (χ1) is 46.0. The molecule has 10 rings (SSSR count). The van der Waals surface area contributed by atoms with Crippen LogP contribution in [0.4, 0.5) is 0 Å². The van der Waals surface area contributed by atoms with Crippen LogP contribution in [0.3, 0.4) is 0 Å². The molecule has 6 aromatic carbocycles. The minimum atomic E-state index is -2.68. The van der Waals surface area contributed by atoms with Crippen molar-refractivity contribution in [3.05, 3.63) is 193 Å². The normalized spacial score (nSPS) is 20.9. The maximum absolute atomic E-state index is 13.2. The average Bonchev–Trinajstić information content (AvgIpc) is 1.79. The molecule has 0 amide bonds. The highest BCUT2D eigenvalue weighted by Gasteiger charge is 2.41. The van der Waals surface area contributed by atoms with Crippen LogP contribution < -0.4 is 21.7 Å². The first-order valence-electron chi connectivity index (χ1n) is 33.5. The molecule has 0 fully saturated rings. The maximum Gasteiger partial charge on any atom is 0.224 e. The number of aryl methyl sites for hydroxylation is 4. The number of benzene rings is 2. The zero-order valence-corrected chi connectivity index (χ0v) is 61.0. The maximum atomic E-state index is 13.2. The van der Waals surface area contributed by atoms with Crippen molar-refractivity contribution >= 4 is 47.1 Å². The van der Waals surface area contributed by atoms with Crippen LogP contribution in [-0.4, -0.2) is 133 Å². The van der Waals surface area contributed by atoms with Gasteiger partial charge in [-0.05, 0) is 286 Å². The number of aliphatic hydroxyl groups is 4. The van der Waals surface area contributed by atoms with E-state index in [4.69, 9.17) is 0 Å². The summed E-state index contributed by atoms with van der Waals surface area (Å²) in [4.78, 5) is 49.1. The van der Waals surface area contributed by atoms with Crippen LogP contribution in [0, 0.1) is 51.4 Å². The van der Waals surface area contributed by atoms with E-state index in [-0.39, 0.29) is 68.7 Å². The minimum Gasteiger partial charge on any atom is -0.504 e. The van der Waals surface area contributed by atoms with Crippen LogP contribution in [-0.2, 0) is 70.4 Å². The molecule has 0 aromatic heterocycles. The topological polar surface area (TPSA) is 345 Å². The summed E-state index contributed by atoms with van der Waals surface area (Å²) in [7, 11) is -5.35. The molecule has 0 radical (unpaired) electrons. The lowest BCUT2D eigenvalue weighted by atomic mass is 9.74. The van der Waals surface area contributed by atoms with Crippen molar-refractivity contribution in [1.29, 1.82) is 0 Å². The SMILES string of the molecule is C=S(=O)(CC(C)(O)C1CCc2c(O)c(O)c(=O)cc(C)c2C1)c1ccccc1.C=S(=O)(CC)CC(C)(O)C1CCc2c(O)c(O)c(=O)cc(C)c2C1.C=S(CC(C)(O)C1CCc2c(O)c(O)c(=O)cc(C)c2C1)c1ccccc1.CCC(C)(O)C1CCc2c(O)c(O)c(=O)cc(C)c2C1. The van der Waals surface area contributed by atoms with E-state index in [0.29, 0.717) is 127 Å². The molecule has 18 nitrogen and oxygen atoms in total. The standard InChI is InChI=1S/C22H26O5S.C22H26O4S.C18H26O5S.C16H22O4/c1-14-11-19(23)21(25)20(24)17-10-9-15(12-18(14)17)22(2,26)13-28(3,27)16-7-5-4-6-8-16;1-14-11-19(23)21(25)20(24)17-10-9-15(12-18(14)17)22(2,26)13-27(3)16-7-5-4-6-8-16;1-5-24(4,23)10-18(3,22)12-6-7-13-14(9-12)11(2)8-15(19)17(21)16(13)20;1-4-16(3,20)10-5-6-11-12(8-10)9(2)7-13(17)15(19)14(11)18/h4-8,11,15,26H,3,9-10,12-13H2,1-2H3,(H2,23,24,25);4-8,11,15,26H,3,9-10,12-13H2,1-2H3,(H2,23,24,25);8,12,22H,4-7,9-10H2,1-3H3,(H2,19,20,21);7,10,20H,4-6,8H2,1-3H3,(H2,17,18,19). The smallest absolute Gasteiger partial charge is 0.224 e. The van der Waals surface area contributed by atoms with Gasteiger partial charge in [0.05, 0.1) is 22.4 Å². The summed E-state index contributed by atoms with van der Waals surface area (Å²) in [6.07, 6.45) is 7.15. The quantitative estimate of drug-likeness (QED) is 0.0452. The number of hydrogen-bond acceptors (Lipinski definition) is 18. The van der Waals surface area contributed by atoms with Gasteiger partial charge in [0, 0.05) is 55.1 Å². The highest BCUT2D eigenvalue weighted by Crippen LogP contribution is 2.45. The van der Waals surface area contributed by atoms with Crippen molar-refractivity contribution in [1.82, 2.24) is 0 Å². The van der Waals surface area contributed by atoms with Gasteiger partial charge in [0.15, 0.2) is 23.0 Å². The van der Waals surface area contributed by atoms with Crippen LogP contribution >= 0.6 is 10.5 Å². The average molecular weight is 1420 g/mol. The van der Waals surface area contributed by atoms with Gasteiger partial charge >= 0.3 is 0 Å². The fourth-order valence-corrected chi connectivity index (χ4v) is 19.7.